The number of nitrogens with zero attached hydrogens (tertiary/aromatic N) is 4. The lowest BCUT2D eigenvalue weighted by atomic mass is 9.92. The second-order valence-corrected chi connectivity index (χ2v) is 3.85. The Hall–Kier alpha value is -0.840. The number of rotatable bonds is 5. The Bertz CT molecular complexity index is 232. The van der Waals surface area contributed by atoms with Gasteiger partial charge in [-0.1, -0.05) is 5.11 Å². The van der Waals surface area contributed by atoms with Crippen LogP contribution in [0, 0.1) is 5.92 Å². The molecule has 1 N–H and O–H groups in total. The van der Waals surface area contributed by atoms with Crippen LogP contribution in [0.4, 0.5) is 4.39 Å². The highest BCUT2D eigenvalue weighted by Crippen LogP contribution is 2.20. The summed E-state index contributed by atoms with van der Waals surface area (Å²) in [5.74, 6) is 0.0230. The SMILES string of the molecule is [N-]=[N+]=NCCN1CC[C@@H](O)[C@@H](CCF)C1. The van der Waals surface area contributed by atoms with E-state index in [1.54, 1.807) is 0 Å². The van der Waals surface area contributed by atoms with Crippen LogP contribution < -0.4 is 0 Å². The second kappa shape index (κ2) is 6.61. The summed E-state index contributed by atoms with van der Waals surface area (Å²) in [4.78, 5) is 4.79. The average molecular weight is 216 g/mol. The van der Waals surface area contributed by atoms with Crippen molar-refractivity contribution in [2.24, 2.45) is 11.0 Å². The Labute approximate surface area is 88.5 Å². The standard InChI is InChI=1S/C9H17FN4O/c10-3-1-8-7-14(5-2-9(8)15)6-4-12-13-11/h8-9,15H,1-7H2/t8-,9+/m0/s1. The Morgan fingerprint density at radius 2 is 2.40 bits per heavy atom. The highest BCUT2D eigenvalue weighted by molar-refractivity contribution is 4.80. The van der Waals surface area contributed by atoms with Crippen LogP contribution in [0.1, 0.15) is 12.8 Å². The minimum absolute atomic E-state index is 0.0230. The van der Waals surface area contributed by atoms with Crippen molar-refractivity contribution in [2.45, 2.75) is 18.9 Å². The lowest BCUT2D eigenvalue weighted by Crippen LogP contribution is -2.44. The van der Waals surface area contributed by atoms with Crippen LogP contribution in [0.15, 0.2) is 5.11 Å². The summed E-state index contributed by atoms with van der Waals surface area (Å²) in [6.07, 6.45) is 0.719. The van der Waals surface area contributed by atoms with Crippen LogP contribution in [-0.2, 0) is 0 Å². The minimum Gasteiger partial charge on any atom is -0.393 e. The summed E-state index contributed by atoms with van der Waals surface area (Å²) in [7, 11) is 0. The number of azide groups is 1. The van der Waals surface area contributed by atoms with Gasteiger partial charge in [0.05, 0.1) is 12.8 Å². The summed E-state index contributed by atoms with van der Waals surface area (Å²) in [5.41, 5.74) is 8.12. The first-order chi connectivity index (χ1) is 7.27. The third-order valence-corrected chi connectivity index (χ3v) is 2.84. The number of likely N-dealkylation sites (tertiary alicyclic amines) is 1. The van der Waals surface area contributed by atoms with E-state index in [1.807, 2.05) is 0 Å². The van der Waals surface area contributed by atoms with E-state index >= 15 is 0 Å². The minimum atomic E-state index is -0.383. The van der Waals surface area contributed by atoms with Gasteiger partial charge in [0.2, 0.25) is 0 Å². The Kier molecular flexibility index (Phi) is 5.39. The maximum absolute atomic E-state index is 12.2. The van der Waals surface area contributed by atoms with E-state index in [-0.39, 0.29) is 18.7 Å². The molecular formula is C9H17FN4O. The number of hydrogen-bond acceptors (Lipinski definition) is 3. The van der Waals surface area contributed by atoms with Crippen LogP contribution in [0.3, 0.4) is 0 Å². The molecule has 0 spiro atoms. The molecule has 0 aromatic rings. The summed E-state index contributed by atoms with van der Waals surface area (Å²) >= 11 is 0. The van der Waals surface area contributed by atoms with E-state index in [9.17, 15) is 9.50 Å². The molecule has 1 heterocycles. The van der Waals surface area contributed by atoms with Crippen molar-refractivity contribution in [3.8, 4) is 0 Å². The molecule has 0 aromatic heterocycles. The monoisotopic (exact) mass is 216 g/mol. The van der Waals surface area contributed by atoms with Crippen molar-refractivity contribution in [1.29, 1.82) is 0 Å². The van der Waals surface area contributed by atoms with E-state index in [2.05, 4.69) is 14.9 Å². The topological polar surface area (TPSA) is 72.2 Å². The molecule has 0 aliphatic carbocycles. The van der Waals surface area contributed by atoms with Gasteiger partial charge in [-0.2, -0.15) is 0 Å². The van der Waals surface area contributed by atoms with Gasteiger partial charge >= 0.3 is 0 Å². The predicted octanol–water partition coefficient (Wildman–Crippen LogP) is 1.34. The first-order valence-electron chi connectivity index (χ1n) is 5.25. The van der Waals surface area contributed by atoms with Crippen LogP contribution in [-0.4, -0.2) is 49.0 Å². The molecule has 5 nitrogen and oxygen atoms in total. The van der Waals surface area contributed by atoms with Gasteiger partial charge in [0.1, 0.15) is 0 Å². The quantitative estimate of drug-likeness (QED) is 0.428. The molecule has 0 bridgehead atoms. The van der Waals surface area contributed by atoms with Crippen molar-refractivity contribution < 1.29 is 9.50 Å². The molecule has 1 rings (SSSR count). The van der Waals surface area contributed by atoms with Gasteiger partial charge in [-0.15, -0.1) is 0 Å². The van der Waals surface area contributed by atoms with E-state index in [0.717, 1.165) is 6.54 Å². The van der Waals surface area contributed by atoms with Gasteiger partial charge in [0, 0.05) is 37.0 Å². The number of piperidine rings is 1. The Balaban J connectivity index is 2.32. The van der Waals surface area contributed by atoms with Crippen molar-refractivity contribution in [1.82, 2.24) is 4.90 Å². The fraction of sp³-hybridized carbons (Fsp3) is 1.00. The molecule has 0 amide bonds. The number of halogens is 1. The zero-order chi connectivity index (χ0) is 11.1. The summed E-state index contributed by atoms with van der Waals surface area (Å²) < 4.78 is 12.2. The molecule has 1 aliphatic heterocycles. The Morgan fingerprint density at radius 3 is 3.07 bits per heavy atom. The molecule has 6 heteroatoms. The van der Waals surface area contributed by atoms with Crippen molar-refractivity contribution in [3.05, 3.63) is 10.4 Å². The number of aliphatic hydroxyl groups is 1. The molecular weight excluding hydrogens is 199 g/mol. The lowest BCUT2D eigenvalue weighted by molar-refractivity contribution is 0.0214. The third kappa shape index (κ3) is 4.03. The maximum Gasteiger partial charge on any atom is 0.0898 e. The fourth-order valence-corrected chi connectivity index (χ4v) is 1.95. The molecule has 0 radical (unpaired) electrons. The van der Waals surface area contributed by atoms with E-state index in [0.29, 0.717) is 32.5 Å². The van der Waals surface area contributed by atoms with Gasteiger partial charge < -0.3 is 10.0 Å². The lowest BCUT2D eigenvalue weighted by Gasteiger charge is -2.35. The first-order valence-corrected chi connectivity index (χ1v) is 5.25. The zero-order valence-electron chi connectivity index (χ0n) is 8.72. The van der Waals surface area contributed by atoms with Gasteiger partial charge in [-0.05, 0) is 18.4 Å². The molecule has 0 unspecified atom stereocenters. The van der Waals surface area contributed by atoms with Gasteiger partial charge in [0.25, 0.3) is 0 Å². The summed E-state index contributed by atoms with van der Waals surface area (Å²) in [6, 6.07) is 0. The van der Waals surface area contributed by atoms with Crippen LogP contribution in [0.2, 0.25) is 0 Å². The van der Waals surface area contributed by atoms with Crippen molar-refractivity contribution in [3.63, 3.8) is 0 Å². The van der Waals surface area contributed by atoms with Crippen molar-refractivity contribution >= 4 is 0 Å². The largest absolute Gasteiger partial charge is 0.393 e. The van der Waals surface area contributed by atoms with E-state index in [4.69, 9.17) is 5.53 Å². The van der Waals surface area contributed by atoms with E-state index < -0.39 is 0 Å². The molecule has 2 atom stereocenters. The fourth-order valence-electron chi connectivity index (χ4n) is 1.95. The number of hydrogen-bond donors (Lipinski definition) is 1. The molecule has 15 heavy (non-hydrogen) atoms. The van der Waals surface area contributed by atoms with Gasteiger partial charge in [0.15, 0.2) is 0 Å². The van der Waals surface area contributed by atoms with Gasteiger partial charge in [-0.25, -0.2) is 0 Å². The van der Waals surface area contributed by atoms with Crippen LogP contribution in [0.5, 0.6) is 0 Å². The Morgan fingerprint density at radius 1 is 1.60 bits per heavy atom. The molecule has 1 aliphatic rings. The van der Waals surface area contributed by atoms with Gasteiger partial charge in [-0.3, -0.25) is 4.39 Å². The highest BCUT2D eigenvalue weighted by atomic mass is 19.1. The normalized spacial score (nSPS) is 27.3. The average Bonchev–Trinajstić information content (AvgIpc) is 2.23. The van der Waals surface area contributed by atoms with Crippen molar-refractivity contribution in [2.75, 3.05) is 32.9 Å². The van der Waals surface area contributed by atoms with Crippen LogP contribution >= 0.6 is 0 Å². The smallest absolute Gasteiger partial charge is 0.0898 e. The highest BCUT2D eigenvalue weighted by Gasteiger charge is 2.26. The van der Waals surface area contributed by atoms with E-state index in [1.165, 1.54) is 0 Å². The second-order valence-electron chi connectivity index (χ2n) is 3.85. The molecule has 0 saturated carbocycles. The number of alkyl halides is 1. The maximum atomic E-state index is 12.2. The summed E-state index contributed by atoms with van der Waals surface area (Å²) in [5, 5.41) is 13.1. The molecule has 86 valence electrons. The first kappa shape index (κ1) is 12.2. The zero-order valence-corrected chi connectivity index (χ0v) is 8.72. The molecule has 1 saturated heterocycles. The number of aliphatic hydroxyl groups excluding tert-OH is 1. The molecule has 0 aromatic carbocycles. The third-order valence-electron chi connectivity index (χ3n) is 2.84. The summed E-state index contributed by atoms with van der Waals surface area (Å²) in [6.45, 7) is 2.25. The predicted molar refractivity (Wildman–Crippen MR) is 55.2 cm³/mol. The molecule has 1 fully saturated rings. The van der Waals surface area contributed by atoms with Crippen LogP contribution in [0.25, 0.3) is 10.4 Å².